The quantitative estimate of drug-likeness (QED) is 0.730. The van der Waals surface area contributed by atoms with E-state index in [1.165, 1.54) is 24.0 Å². The Hall–Kier alpha value is -2.08. The predicted molar refractivity (Wildman–Crippen MR) is 121 cm³/mol. The molecule has 5 nitrogen and oxygen atoms in total. The van der Waals surface area contributed by atoms with E-state index in [2.05, 4.69) is 52.5 Å². The zero-order chi connectivity index (χ0) is 21.0. The van der Waals surface area contributed by atoms with Gasteiger partial charge in [0.2, 0.25) is 0 Å². The lowest BCUT2D eigenvalue weighted by molar-refractivity contribution is 0.147. The number of phenols is 1. The Balaban J connectivity index is 1.45. The van der Waals surface area contributed by atoms with Crippen LogP contribution in [-0.2, 0) is 18.6 Å². The molecule has 2 aromatic carbocycles. The van der Waals surface area contributed by atoms with Crippen LogP contribution in [0.4, 0.5) is 0 Å². The van der Waals surface area contributed by atoms with E-state index in [9.17, 15) is 5.11 Å². The third-order valence-electron chi connectivity index (χ3n) is 6.86. The summed E-state index contributed by atoms with van der Waals surface area (Å²) in [5.41, 5.74) is 3.64. The topological polar surface area (TPSA) is 48.0 Å². The highest BCUT2D eigenvalue weighted by Gasteiger charge is 2.35. The maximum absolute atomic E-state index is 10.4. The summed E-state index contributed by atoms with van der Waals surface area (Å²) in [5.74, 6) is 1.31. The van der Waals surface area contributed by atoms with Gasteiger partial charge in [0.25, 0.3) is 0 Å². The number of likely N-dealkylation sites (N-methyl/N-ethyl adjacent to an activating group) is 1. The second kappa shape index (κ2) is 9.38. The van der Waals surface area contributed by atoms with E-state index in [0.717, 1.165) is 63.4 Å². The van der Waals surface area contributed by atoms with Gasteiger partial charge in [0.15, 0.2) is 0 Å². The van der Waals surface area contributed by atoms with E-state index in [1.54, 1.807) is 7.11 Å². The first-order chi connectivity index (χ1) is 14.6. The molecule has 1 aliphatic heterocycles. The third kappa shape index (κ3) is 4.80. The molecule has 4 rings (SSSR count). The van der Waals surface area contributed by atoms with Crippen LogP contribution in [0.15, 0.2) is 42.5 Å². The monoisotopic (exact) mass is 409 g/mol. The third-order valence-corrected chi connectivity index (χ3v) is 6.86. The van der Waals surface area contributed by atoms with Crippen LogP contribution in [0.1, 0.15) is 42.4 Å². The van der Waals surface area contributed by atoms with Crippen molar-refractivity contribution in [3.63, 3.8) is 0 Å². The van der Waals surface area contributed by atoms with Crippen molar-refractivity contribution >= 4 is 0 Å². The van der Waals surface area contributed by atoms with Gasteiger partial charge in [-0.1, -0.05) is 31.0 Å². The van der Waals surface area contributed by atoms with Crippen LogP contribution >= 0.6 is 0 Å². The summed E-state index contributed by atoms with van der Waals surface area (Å²) in [6.45, 7) is 5.91. The smallest absolute Gasteiger partial charge is 0.120 e. The number of methoxy groups -OCH3 is 1. The molecule has 30 heavy (non-hydrogen) atoms. The van der Waals surface area contributed by atoms with Crippen LogP contribution < -0.4 is 10.1 Å². The second-order valence-corrected chi connectivity index (χ2v) is 8.91. The summed E-state index contributed by atoms with van der Waals surface area (Å²) in [6.07, 6.45) is 4.82. The molecule has 0 bridgehead atoms. The highest BCUT2D eigenvalue weighted by Crippen LogP contribution is 2.39. The SMILES string of the molecule is COc1ccc(C2(NCc3ccc(O)c(CN4CCN(C)CC4)c3)CCCC2)cc1. The highest BCUT2D eigenvalue weighted by atomic mass is 16.5. The van der Waals surface area contributed by atoms with Crippen LogP contribution in [0.25, 0.3) is 0 Å². The minimum Gasteiger partial charge on any atom is -0.508 e. The first-order valence-electron chi connectivity index (χ1n) is 11.2. The molecule has 2 fully saturated rings. The molecule has 2 aliphatic rings. The van der Waals surface area contributed by atoms with Crippen LogP contribution in [0.3, 0.4) is 0 Å². The molecule has 2 aromatic rings. The number of rotatable bonds is 7. The van der Waals surface area contributed by atoms with E-state index in [4.69, 9.17) is 4.74 Å². The van der Waals surface area contributed by atoms with Crippen LogP contribution in [0.2, 0.25) is 0 Å². The van der Waals surface area contributed by atoms with Gasteiger partial charge < -0.3 is 20.1 Å². The molecule has 1 saturated heterocycles. The van der Waals surface area contributed by atoms with Crippen LogP contribution in [0.5, 0.6) is 11.5 Å². The average Bonchev–Trinajstić information content (AvgIpc) is 3.26. The van der Waals surface area contributed by atoms with Gasteiger partial charge in [-0.3, -0.25) is 4.90 Å². The molecule has 0 spiro atoms. The summed E-state index contributed by atoms with van der Waals surface area (Å²) in [4.78, 5) is 4.79. The highest BCUT2D eigenvalue weighted by molar-refractivity contribution is 5.37. The molecule has 1 heterocycles. The van der Waals surface area contributed by atoms with E-state index in [1.807, 2.05) is 12.1 Å². The van der Waals surface area contributed by atoms with E-state index < -0.39 is 0 Å². The lowest BCUT2D eigenvalue weighted by Gasteiger charge is -2.33. The molecule has 1 saturated carbocycles. The Bertz CT molecular complexity index is 823. The number of nitrogens with zero attached hydrogens (tertiary/aromatic N) is 2. The molecule has 0 unspecified atom stereocenters. The molecule has 0 radical (unpaired) electrons. The molecule has 162 valence electrons. The standard InChI is InChI=1S/C25H35N3O2/c1-27-13-15-28(16-14-27)19-21-17-20(5-10-24(21)29)18-26-25(11-3-4-12-25)22-6-8-23(30-2)9-7-22/h5-10,17,26,29H,3-4,11-16,18-19H2,1-2H3. The van der Waals surface area contributed by atoms with Crippen LogP contribution in [0, 0.1) is 0 Å². The number of aromatic hydroxyl groups is 1. The number of hydrogen-bond acceptors (Lipinski definition) is 5. The van der Waals surface area contributed by atoms with Crippen molar-refractivity contribution in [2.45, 2.75) is 44.3 Å². The first kappa shape index (κ1) is 21.2. The first-order valence-corrected chi connectivity index (χ1v) is 11.2. The van der Waals surface area contributed by atoms with Crippen molar-refractivity contribution in [2.24, 2.45) is 0 Å². The number of phenolic OH excluding ortho intramolecular Hbond substituents is 1. The molecule has 1 aliphatic carbocycles. The summed E-state index contributed by atoms with van der Waals surface area (Å²) >= 11 is 0. The fourth-order valence-corrected chi connectivity index (χ4v) is 4.85. The maximum Gasteiger partial charge on any atom is 0.120 e. The number of nitrogens with one attached hydrogen (secondary N) is 1. The van der Waals surface area contributed by atoms with Crippen molar-refractivity contribution in [3.05, 3.63) is 59.2 Å². The van der Waals surface area contributed by atoms with E-state index in [-0.39, 0.29) is 5.54 Å². The van der Waals surface area contributed by atoms with Gasteiger partial charge in [-0.05, 0) is 55.3 Å². The van der Waals surface area contributed by atoms with E-state index in [0.29, 0.717) is 5.75 Å². The molecular weight excluding hydrogens is 374 g/mol. The Labute approximate surface area is 180 Å². The Kier molecular flexibility index (Phi) is 6.61. The summed E-state index contributed by atoms with van der Waals surface area (Å²) < 4.78 is 5.34. The lowest BCUT2D eigenvalue weighted by atomic mass is 9.87. The summed E-state index contributed by atoms with van der Waals surface area (Å²) in [5, 5.41) is 14.3. The van der Waals surface area contributed by atoms with Gasteiger partial charge in [0.05, 0.1) is 7.11 Å². The second-order valence-electron chi connectivity index (χ2n) is 8.91. The van der Waals surface area contributed by atoms with Crippen molar-refractivity contribution in [1.29, 1.82) is 0 Å². The fourth-order valence-electron chi connectivity index (χ4n) is 4.85. The van der Waals surface area contributed by atoms with Gasteiger partial charge in [-0.2, -0.15) is 0 Å². The Morgan fingerprint density at radius 2 is 1.70 bits per heavy atom. The molecule has 0 aromatic heterocycles. The minimum atomic E-state index is 0.0295. The van der Waals surface area contributed by atoms with Crippen molar-refractivity contribution < 1.29 is 9.84 Å². The Morgan fingerprint density at radius 3 is 2.37 bits per heavy atom. The zero-order valence-electron chi connectivity index (χ0n) is 18.4. The molecule has 5 heteroatoms. The molecule has 2 N–H and O–H groups in total. The van der Waals surface area contributed by atoms with Gasteiger partial charge >= 0.3 is 0 Å². The Morgan fingerprint density at radius 1 is 1.00 bits per heavy atom. The number of ether oxygens (including phenoxy) is 1. The van der Waals surface area contributed by atoms with Gasteiger partial charge in [-0.15, -0.1) is 0 Å². The van der Waals surface area contributed by atoms with Crippen molar-refractivity contribution in [3.8, 4) is 11.5 Å². The summed E-state index contributed by atoms with van der Waals surface area (Å²) in [7, 11) is 3.88. The number of hydrogen-bond donors (Lipinski definition) is 2. The van der Waals surface area contributed by atoms with Crippen molar-refractivity contribution in [1.82, 2.24) is 15.1 Å². The zero-order valence-corrected chi connectivity index (χ0v) is 18.4. The van der Waals surface area contributed by atoms with Gasteiger partial charge in [0.1, 0.15) is 11.5 Å². The number of benzene rings is 2. The summed E-state index contributed by atoms with van der Waals surface area (Å²) in [6, 6.07) is 14.6. The number of piperazine rings is 1. The molecule has 0 atom stereocenters. The normalized spacial score (nSPS) is 19.8. The molecular formula is C25H35N3O2. The lowest BCUT2D eigenvalue weighted by Crippen LogP contribution is -2.43. The van der Waals surface area contributed by atoms with Crippen molar-refractivity contribution in [2.75, 3.05) is 40.3 Å². The van der Waals surface area contributed by atoms with Crippen LogP contribution in [-0.4, -0.2) is 55.2 Å². The van der Waals surface area contributed by atoms with Gasteiger partial charge in [0, 0.05) is 50.4 Å². The largest absolute Gasteiger partial charge is 0.508 e. The molecule has 0 amide bonds. The predicted octanol–water partition coefficient (Wildman–Crippen LogP) is 3.71. The fraction of sp³-hybridized carbons (Fsp3) is 0.520. The maximum atomic E-state index is 10.4. The minimum absolute atomic E-state index is 0.0295. The average molecular weight is 410 g/mol. The van der Waals surface area contributed by atoms with Gasteiger partial charge in [-0.25, -0.2) is 0 Å². The van der Waals surface area contributed by atoms with E-state index >= 15 is 0 Å².